The first-order valence-electron chi connectivity index (χ1n) is 10.1. The number of thioether (sulfide) groups is 1. The fourth-order valence-corrected chi connectivity index (χ4v) is 4.19. The number of unbranched alkanes of at least 4 members (excludes halogenated alkanes) is 1. The summed E-state index contributed by atoms with van der Waals surface area (Å²) in [6.07, 6.45) is 1.89. The van der Waals surface area contributed by atoms with Crippen LogP contribution >= 0.6 is 46.6 Å². The lowest BCUT2D eigenvalue weighted by molar-refractivity contribution is -0.138. The molecule has 1 N–H and O–H groups in total. The van der Waals surface area contributed by atoms with Crippen molar-refractivity contribution in [1.82, 2.24) is 10.2 Å². The molecule has 2 aromatic rings. The molecule has 0 aliphatic carbocycles. The zero-order valence-corrected chi connectivity index (χ0v) is 20.8. The summed E-state index contributed by atoms with van der Waals surface area (Å²) in [5.41, 5.74) is 1.90. The minimum atomic E-state index is -0.602. The van der Waals surface area contributed by atoms with Crippen molar-refractivity contribution in [1.29, 1.82) is 0 Å². The molecule has 2 rings (SSSR count). The standard InChI is InChI=1S/C23H27Cl3N2O2S/c1-3-4-11-27-23(30)16(2)28(13-18-7-10-20(25)21(26)12-18)22(29)15-31-14-17-5-8-19(24)9-6-17/h5-10,12,16H,3-4,11,13-15H2,1-2H3,(H,27,30)/t16-/m1/s1. The van der Waals surface area contributed by atoms with Crippen molar-refractivity contribution in [3.05, 3.63) is 68.7 Å². The fourth-order valence-electron chi connectivity index (χ4n) is 2.87. The van der Waals surface area contributed by atoms with Gasteiger partial charge in [-0.2, -0.15) is 0 Å². The summed E-state index contributed by atoms with van der Waals surface area (Å²) < 4.78 is 0. The van der Waals surface area contributed by atoms with E-state index in [-0.39, 0.29) is 24.1 Å². The van der Waals surface area contributed by atoms with Crippen LogP contribution in [0.5, 0.6) is 0 Å². The molecule has 0 radical (unpaired) electrons. The number of amides is 2. The molecule has 8 heteroatoms. The monoisotopic (exact) mass is 500 g/mol. The van der Waals surface area contributed by atoms with Gasteiger partial charge in [-0.1, -0.05) is 66.3 Å². The highest BCUT2D eigenvalue weighted by Gasteiger charge is 2.26. The molecule has 0 aromatic heterocycles. The number of nitrogens with one attached hydrogen (secondary N) is 1. The Labute approximate surface area is 203 Å². The maximum atomic E-state index is 13.1. The molecule has 0 bridgehead atoms. The summed E-state index contributed by atoms with van der Waals surface area (Å²) in [5.74, 6) is 0.671. The molecule has 168 valence electrons. The summed E-state index contributed by atoms with van der Waals surface area (Å²) >= 11 is 19.6. The lowest BCUT2D eigenvalue weighted by Gasteiger charge is -2.29. The van der Waals surface area contributed by atoms with Gasteiger partial charge in [-0.3, -0.25) is 9.59 Å². The largest absolute Gasteiger partial charge is 0.354 e. The van der Waals surface area contributed by atoms with Crippen molar-refractivity contribution in [3.8, 4) is 0 Å². The Hall–Kier alpha value is -1.40. The van der Waals surface area contributed by atoms with Gasteiger partial charge in [-0.25, -0.2) is 0 Å². The van der Waals surface area contributed by atoms with E-state index in [9.17, 15) is 9.59 Å². The van der Waals surface area contributed by atoms with Crippen molar-refractivity contribution >= 4 is 58.4 Å². The van der Waals surface area contributed by atoms with Gasteiger partial charge in [0.2, 0.25) is 11.8 Å². The van der Waals surface area contributed by atoms with E-state index in [0.29, 0.717) is 27.4 Å². The number of hydrogen-bond acceptors (Lipinski definition) is 3. The fraction of sp³-hybridized carbons (Fsp3) is 0.391. The van der Waals surface area contributed by atoms with Gasteiger partial charge in [-0.05, 0) is 48.7 Å². The zero-order chi connectivity index (χ0) is 22.8. The Kier molecular flexibility index (Phi) is 11.0. The van der Waals surface area contributed by atoms with Gasteiger partial charge in [0.05, 0.1) is 15.8 Å². The van der Waals surface area contributed by atoms with Crippen LogP contribution in [0.25, 0.3) is 0 Å². The molecule has 0 aliphatic heterocycles. The smallest absolute Gasteiger partial charge is 0.242 e. The summed E-state index contributed by atoms with van der Waals surface area (Å²) in [6.45, 7) is 4.69. The molecular weight excluding hydrogens is 475 g/mol. The van der Waals surface area contributed by atoms with Crippen LogP contribution in [0, 0.1) is 0 Å². The predicted octanol–water partition coefficient (Wildman–Crippen LogP) is 6.21. The highest BCUT2D eigenvalue weighted by atomic mass is 35.5. The van der Waals surface area contributed by atoms with Crippen molar-refractivity contribution in [3.63, 3.8) is 0 Å². The number of carbonyl (C=O) groups is 2. The Morgan fingerprint density at radius 3 is 2.35 bits per heavy atom. The summed E-state index contributed by atoms with van der Waals surface area (Å²) in [7, 11) is 0. The van der Waals surface area contributed by atoms with Crippen LogP contribution in [0.3, 0.4) is 0 Å². The third-order valence-corrected chi connectivity index (χ3v) is 6.72. The molecule has 2 aromatic carbocycles. The Balaban J connectivity index is 2.06. The highest BCUT2D eigenvalue weighted by molar-refractivity contribution is 7.99. The number of nitrogens with zero attached hydrogens (tertiary/aromatic N) is 1. The molecule has 0 unspecified atom stereocenters. The van der Waals surface area contributed by atoms with Gasteiger partial charge in [0.1, 0.15) is 6.04 Å². The summed E-state index contributed by atoms with van der Waals surface area (Å²) in [5, 5.41) is 4.47. The van der Waals surface area contributed by atoms with E-state index >= 15 is 0 Å². The van der Waals surface area contributed by atoms with Crippen LogP contribution in [0.1, 0.15) is 37.8 Å². The Morgan fingerprint density at radius 1 is 1.03 bits per heavy atom. The molecule has 4 nitrogen and oxygen atoms in total. The van der Waals surface area contributed by atoms with E-state index in [1.54, 1.807) is 24.0 Å². The van der Waals surface area contributed by atoms with Crippen molar-refractivity contribution in [2.24, 2.45) is 0 Å². The molecule has 31 heavy (non-hydrogen) atoms. The van der Waals surface area contributed by atoms with Crippen LogP contribution in [0.4, 0.5) is 0 Å². The van der Waals surface area contributed by atoms with E-state index in [1.165, 1.54) is 11.8 Å². The first kappa shape index (κ1) is 25.9. The van der Waals surface area contributed by atoms with E-state index in [2.05, 4.69) is 12.2 Å². The third-order valence-electron chi connectivity index (χ3n) is 4.74. The molecule has 0 aliphatic rings. The van der Waals surface area contributed by atoms with Gasteiger partial charge in [0, 0.05) is 23.9 Å². The lowest BCUT2D eigenvalue weighted by atomic mass is 10.1. The summed E-state index contributed by atoms with van der Waals surface area (Å²) in [4.78, 5) is 27.3. The minimum absolute atomic E-state index is 0.108. The van der Waals surface area contributed by atoms with Crippen molar-refractivity contribution in [2.75, 3.05) is 12.3 Å². The molecule has 0 spiro atoms. The topological polar surface area (TPSA) is 49.4 Å². The number of carbonyl (C=O) groups excluding carboxylic acids is 2. The van der Waals surface area contributed by atoms with Crippen LogP contribution < -0.4 is 5.32 Å². The second kappa shape index (κ2) is 13.2. The number of rotatable bonds is 11. The summed E-state index contributed by atoms with van der Waals surface area (Å²) in [6, 6.07) is 12.2. The van der Waals surface area contributed by atoms with Crippen molar-refractivity contribution < 1.29 is 9.59 Å². The van der Waals surface area contributed by atoms with Crippen LogP contribution in [0.2, 0.25) is 15.1 Å². The highest BCUT2D eigenvalue weighted by Crippen LogP contribution is 2.24. The molecule has 0 saturated heterocycles. The van der Waals surface area contributed by atoms with Gasteiger partial charge >= 0.3 is 0 Å². The normalized spacial score (nSPS) is 11.8. The second-order valence-electron chi connectivity index (χ2n) is 7.21. The first-order valence-corrected chi connectivity index (χ1v) is 12.4. The quantitative estimate of drug-likeness (QED) is 0.372. The average molecular weight is 502 g/mol. The predicted molar refractivity (Wildman–Crippen MR) is 132 cm³/mol. The molecule has 0 heterocycles. The number of hydrogen-bond donors (Lipinski definition) is 1. The Morgan fingerprint density at radius 2 is 1.71 bits per heavy atom. The lowest BCUT2D eigenvalue weighted by Crippen LogP contribution is -2.48. The zero-order valence-electron chi connectivity index (χ0n) is 17.7. The van der Waals surface area contributed by atoms with E-state index < -0.39 is 6.04 Å². The second-order valence-corrected chi connectivity index (χ2v) is 9.45. The average Bonchev–Trinajstić information content (AvgIpc) is 2.75. The van der Waals surface area contributed by atoms with Crippen LogP contribution in [0.15, 0.2) is 42.5 Å². The van der Waals surface area contributed by atoms with Gasteiger partial charge in [-0.15, -0.1) is 11.8 Å². The van der Waals surface area contributed by atoms with Gasteiger partial charge in [0.25, 0.3) is 0 Å². The van der Waals surface area contributed by atoms with E-state index in [0.717, 1.165) is 24.0 Å². The number of benzene rings is 2. The number of halogens is 3. The maximum Gasteiger partial charge on any atom is 0.242 e. The maximum absolute atomic E-state index is 13.1. The van der Waals surface area contributed by atoms with Gasteiger partial charge in [0.15, 0.2) is 0 Å². The van der Waals surface area contributed by atoms with E-state index in [1.807, 2.05) is 30.3 Å². The van der Waals surface area contributed by atoms with Crippen LogP contribution in [-0.2, 0) is 21.9 Å². The first-order chi connectivity index (χ1) is 14.8. The minimum Gasteiger partial charge on any atom is -0.354 e. The molecule has 0 fully saturated rings. The third kappa shape index (κ3) is 8.57. The molecule has 0 saturated carbocycles. The molecular formula is C23H27Cl3N2O2S. The SMILES string of the molecule is CCCCNC(=O)[C@@H](C)N(Cc1ccc(Cl)c(Cl)c1)C(=O)CSCc1ccc(Cl)cc1. The van der Waals surface area contributed by atoms with Crippen LogP contribution in [-0.4, -0.2) is 35.1 Å². The van der Waals surface area contributed by atoms with Gasteiger partial charge < -0.3 is 10.2 Å². The van der Waals surface area contributed by atoms with E-state index in [4.69, 9.17) is 34.8 Å². The molecule has 2 amide bonds. The Bertz CT molecular complexity index is 878. The van der Waals surface area contributed by atoms with Crippen molar-refractivity contribution in [2.45, 2.75) is 45.0 Å². The molecule has 1 atom stereocenters.